The lowest BCUT2D eigenvalue weighted by Gasteiger charge is -2.03. The van der Waals surface area contributed by atoms with Gasteiger partial charge < -0.3 is 9.73 Å². The van der Waals surface area contributed by atoms with Crippen LogP contribution >= 0.6 is 0 Å². The fraction of sp³-hybridized carbons (Fsp3) is 0.0833. The van der Waals surface area contributed by atoms with Crippen LogP contribution < -0.4 is 5.32 Å². The van der Waals surface area contributed by atoms with Crippen LogP contribution in [0.15, 0.2) is 41.0 Å². The molecule has 0 spiro atoms. The Morgan fingerprint density at radius 2 is 2.17 bits per heavy atom. The Morgan fingerprint density at radius 3 is 2.78 bits per heavy atom. The molecule has 1 heterocycles. The van der Waals surface area contributed by atoms with Crippen molar-refractivity contribution in [3.05, 3.63) is 58.0 Å². The summed E-state index contributed by atoms with van der Waals surface area (Å²) >= 11 is 0. The van der Waals surface area contributed by atoms with Crippen molar-refractivity contribution < 1.29 is 14.1 Å². The second kappa shape index (κ2) is 4.70. The van der Waals surface area contributed by atoms with E-state index in [-0.39, 0.29) is 11.4 Å². The molecule has 0 saturated carbocycles. The number of hydrogen-bond donors (Lipinski definition) is 1. The van der Waals surface area contributed by atoms with E-state index in [2.05, 4.69) is 5.32 Å². The highest BCUT2D eigenvalue weighted by molar-refractivity contribution is 6.03. The summed E-state index contributed by atoms with van der Waals surface area (Å²) < 4.78 is 5.03. The Kier molecular flexibility index (Phi) is 3.09. The summed E-state index contributed by atoms with van der Waals surface area (Å²) in [5, 5.41) is 13.1. The lowest BCUT2D eigenvalue weighted by Crippen LogP contribution is -2.12. The van der Waals surface area contributed by atoms with Crippen molar-refractivity contribution >= 4 is 17.3 Å². The minimum atomic E-state index is -0.520. The standard InChI is InChI=1S/C12H10N2O4/c1-8-5-6-18-11(8)12(15)13-9-3-2-4-10(7-9)14(16)17/h2-7H,1H3,(H,13,15). The summed E-state index contributed by atoms with van der Waals surface area (Å²) in [5.74, 6) is -0.237. The molecule has 2 rings (SSSR count). The lowest BCUT2D eigenvalue weighted by atomic mass is 10.2. The van der Waals surface area contributed by atoms with Gasteiger partial charge in [-0.15, -0.1) is 0 Å². The van der Waals surface area contributed by atoms with Gasteiger partial charge in [0.15, 0.2) is 5.76 Å². The molecule has 0 radical (unpaired) electrons. The highest BCUT2D eigenvalue weighted by Crippen LogP contribution is 2.18. The fourth-order valence-corrected chi connectivity index (χ4v) is 1.49. The summed E-state index contributed by atoms with van der Waals surface area (Å²) in [6, 6.07) is 7.39. The summed E-state index contributed by atoms with van der Waals surface area (Å²) in [6.45, 7) is 1.74. The number of nitrogens with one attached hydrogen (secondary N) is 1. The maximum Gasteiger partial charge on any atom is 0.291 e. The Labute approximate surface area is 102 Å². The highest BCUT2D eigenvalue weighted by Gasteiger charge is 2.14. The first-order chi connectivity index (χ1) is 8.58. The quantitative estimate of drug-likeness (QED) is 0.666. The summed E-state index contributed by atoms with van der Waals surface area (Å²) in [5.41, 5.74) is 0.979. The normalized spacial score (nSPS) is 10.1. The molecule has 18 heavy (non-hydrogen) atoms. The van der Waals surface area contributed by atoms with Crippen molar-refractivity contribution in [1.82, 2.24) is 0 Å². The SMILES string of the molecule is Cc1ccoc1C(=O)Nc1cccc([N+](=O)[O-])c1. The maximum absolute atomic E-state index is 11.8. The van der Waals surface area contributed by atoms with Crippen molar-refractivity contribution in [2.75, 3.05) is 5.32 Å². The molecule has 0 aliphatic heterocycles. The van der Waals surface area contributed by atoms with Crippen LogP contribution in [0.4, 0.5) is 11.4 Å². The van der Waals surface area contributed by atoms with Gasteiger partial charge in [-0.05, 0) is 19.1 Å². The molecular formula is C12H10N2O4. The molecule has 0 saturated heterocycles. The average Bonchev–Trinajstić information content (AvgIpc) is 2.76. The molecule has 1 N–H and O–H groups in total. The van der Waals surface area contributed by atoms with Crippen LogP contribution in [0.2, 0.25) is 0 Å². The first-order valence-electron chi connectivity index (χ1n) is 5.18. The number of furan rings is 1. The molecule has 0 aliphatic rings. The van der Waals surface area contributed by atoms with Gasteiger partial charge in [-0.3, -0.25) is 14.9 Å². The molecular weight excluding hydrogens is 236 g/mol. The first kappa shape index (κ1) is 11.8. The van der Waals surface area contributed by atoms with Crippen LogP contribution in [0.5, 0.6) is 0 Å². The Balaban J connectivity index is 2.20. The van der Waals surface area contributed by atoms with Crippen LogP contribution in [0, 0.1) is 17.0 Å². The molecule has 1 aromatic heterocycles. The zero-order chi connectivity index (χ0) is 13.1. The number of carbonyl (C=O) groups is 1. The first-order valence-corrected chi connectivity index (χ1v) is 5.18. The van der Waals surface area contributed by atoms with Crippen molar-refractivity contribution in [2.45, 2.75) is 6.92 Å². The third kappa shape index (κ3) is 2.37. The van der Waals surface area contributed by atoms with Gasteiger partial charge in [0.2, 0.25) is 0 Å². The van der Waals surface area contributed by atoms with Gasteiger partial charge in [0, 0.05) is 23.4 Å². The highest BCUT2D eigenvalue weighted by atomic mass is 16.6. The zero-order valence-electron chi connectivity index (χ0n) is 9.54. The third-order valence-corrected chi connectivity index (χ3v) is 2.38. The molecule has 0 bridgehead atoms. The second-order valence-electron chi connectivity index (χ2n) is 3.69. The number of carbonyl (C=O) groups excluding carboxylic acids is 1. The smallest absolute Gasteiger partial charge is 0.291 e. The van der Waals surface area contributed by atoms with E-state index >= 15 is 0 Å². The van der Waals surface area contributed by atoms with E-state index in [4.69, 9.17) is 4.42 Å². The predicted molar refractivity (Wildman–Crippen MR) is 64.5 cm³/mol. The second-order valence-corrected chi connectivity index (χ2v) is 3.69. The van der Waals surface area contributed by atoms with Crippen LogP contribution in [0.1, 0.15) is 16.1 Å². The van der Waals surface area contributed by atoms with Crippen molar-refractivity contribution in [3.63, 3.8) is 0 Å². The number of benzene rings is 1. The molecule has 0 atom stereocenters. The van der Waals surface area contributed by atoms with Crippen LogP contribution in [0.25, 0.3) is 0 Å². The predicted octanol–water partition coefficient (Wildman–Crippen LogP) is 2.75. The molecule has 1 amide bonds. The summed E-state index contributed by atoms with van der Waals surface area (Å²) in [6.07, 6.45) is 1.41. The number of anilines is 1. The Morgan fingerprint density at radius 1 is 1.39 bits per heavy atom. The molecule has 1 aromatic carbocycles. The molecule has 6 heteroatoms. The van der Waals surface area contributed by atoms with E-state index in [1.54, 1.807) is 19.1 Å². The van der Waals surface area contributed by atoms with E-state index in [1.165, 1.54) is 24.5 Å². The van der Waals surface area contributed by atoms with Crippen molar-refractivity contribution in [1.29, 1.82) is 0 Å². The Hall–Kier alpha value is -2.63. The largest absolute Gasteiger partial charge is 0.459 e. The fourth-order valence-electron chi connectivity index (χ4n) is 1.49. The van der Waals surface area contributed by atoms with Gasteiger partial charge in [-0.25, -0.2) is 0 Å². The monoisotopic (exact) mass is 246 g/mol. The van der Waals surface area contributed by atoms with E-state index in [0.717, 1.165) is 0 Å². The minimum Gasteiger partial charge on any atom is -0.459 e. The lowest BCUT2D eigenvalue weighted by molar-refractivity contribution is -0.384. The van der Waals surface area contributed by atoms with Crippen LogP contribution in [-0.4, -0.2) is 10.8 Å². The van der Waals surface area contributed by atoms with Gasteiger partial charge in [-0.1, -0.05) is 6.07 Å². The number of nitro benzene ring substituents is 1. The summed E-state index contributed by atoms with van der Waals surface area (Å²) in [7, 11) is 0. The number of rotatable bonds is 3. The molecule has 92 valence electrons. The average molecular weight is 246 g/mol. The van der Waals surface area contributed by atoms with Gasteiger partial charge in [0.1, 0.15) is 0 Å². The number of hydrogen-bond acceptors (Lipinski definition) is 4. The van der Waals surface area contributed by atoms with Crippen LogP contribution in [-0.2, 0) is 0 Å². The third-order valence-electron chi connectivity index (χ3n) is 2.38. The number of amides is 1. The van der Waals surface area contributed by atoms with Crippen molar-refractivity contribution in [2.24, 2.45) is 0 Å². The van der Waals surface area contributed by atoms with Crippen LogP contribution in [0.3, 0.4) is 0 Å². The van der Waals surface area contributed by atoms with E-state index < -0.39 is 10.8 Å². The molecule has 0 aliphatic carbocycles. The topological polar surface area (TPSA) is 85.4 Å². The van der Waals surface area contributed by atoms with Gasteiger partial charge in [-0.2, -0.15) is 0 Å². The van der Waals surface area contributed by atoms with Crippen molar-refractivity contribution in [3.8, 4) is 0 Å². The van der Waals surface area contributed by atoms with E-state index in [0.29, 0.717) is 11.3 Å². The molecule has 2 aromatic rings. The van der Waals surface area contributed by atoms with E-state index in [9.17, 15) is 14.9 Å². The molecule has 0 fully saturated rings. The van der Waals surface area contributed by atoms with Gasteiger partial charge in [0.05, 0.1) is 11.2 Å². The van der Waals surface area contributed by atoms with Gasteiger partial charge >= 0.3 is 0 Å². The maximum atomic E-state index is 11.8. The molecule has 6 nitrogen and oxygen atoms in total. The number of nitrogens with zero attached hydrogens (tertiary/aromatic N) is 1. The zero-order valence-corrected chi connectivity index (χ0v) is 9.54. The van der Waals surface area contributed by atoms with Gasteiger partial charge in [0.25, 0.3) is 11.6 Å². The molecule has 0 unspecified atom stereocenters. The summed E-state index contributed by atoms with van der Waals surface area (Å²) in [4.78, 5) is 21.9. The minimum absolute atomic E-state index is 0.0797. The number of non-ortho nitro benzene ring substituents is 1. The van der Waals surface area contributed by atoms with E-state index in [1.807, 2.05) is 0 Å². The number of aryl methyl sites for hydroxylation is 1. The Bertz CT molecular complexity index is 604. The number of nitro groups is 1.